The Morgan fingerprint density at radius 3 is 3.12 bits per heavy atom. The van der Waals surface area contributed by atoms with E-state index in [2.05, 4.69) is 15.4 Å². The second-order valence-electron chi connectivity index (χ2n) is 3.18. The molecule has 0 atom stereocenters. The topological polar surface area (TPSA) is 94.0 Å². The van der Waals surface area contributed by atoms with E-state index < -0.39 is 5.97 Å². The van der Waals surface area contributed by atoms with Gasteiger partial charge in [-0.05, 0) is 23.8 Å². The van der Waals surface area contributed by atoms with Crippen LogP contribution in [0.2, 0.25) is 0 Å². The Bertz CT molecular complexity index is 463. The van der Waals surface area contributed by atoms with E-state index in [0.717, 1.165) is 0 Å². The maximum absolute atomic E-state index is 10.3. The van der Waals surface area contributed by atoms with Crippen molar-refractivity contribution in [1.29, 1.82) is 0 Å². The molecule has 0 aromatic carbocycles. The molecule has 0 saturated heterocycles. The number of carboxylic acid groups (broad SMARTS) is 1. The van der Waals surface area contributed by atoms with Gasteiger partial charge in [-0.25, -0.2) is 0 Å². The molecule has 0 aliphatic rings. The third kappa shape index (κ3) is 2.44. The highest BCUT2D eigenvalue weighted by molar-refractivity contribution is 5.66. The van der Waals surface area contributed by atoms with Crippen LogP contribution < -0.4 is 0 Å². The fourth-order valence-corrected chi connectivity index (χ4v) is 1.21. The Labute approximate surface area is 90.7 Å². The van der Waals surface area contributed by atoms with Crippen molar-refractivity contribution in [1.82, 2.24) is 20.2 Å². The van der Waals surface area contributed by atoms with E-state index in [-0.39, 0.29) is 6.42 Å². The van der Waals surface area contributed by atoms with E-state index in [4.69, 9.17) is 9.52 Å². The van der Waals surface area contributed by atoms with Crippen LogP contribution in [0.3, 0.4) is 0 Å². The number of nitrogens with zero attached hydrogens (tertiary/aromatic N) is 4. The number of carbonyl (C=O) groups is 1. The molecule has 0 unspecified atom stereocenters. The molecule has 0 spiro atoms. The van der Waals surface area contributed by atoms with E-state index in [0.29, 0.717) is 24.6 Å². The van der Waals surface area contributed by atoms with Crippen LogP contribution in [0.1, 0.15) is 12.8 Å². The smallest absolute Gasteiger partial charge is 0.303 e. The average Bonchev–Trinajstić information content (AvgIpc) is 2.85. The van der Waals surface area contributed by atoms with Crippen molar-refractivity contribution in [2.45, 2.75) is 19.4 Å². The molecular weight excluding hydrogens is 212 g/mol. The lowest BCUT2D eigenvalue weighted by molar-refractivity contribution is -0.137. The molecule has 2 aromatic rings. The Kier molecular flexibility index (Phi) is 2.95. The van der Waals surface area contributed by atoms with Gasteiger partial charge in [0.05, 0.1) is 12.8 Å². The zero-order chi connectivity index (χ0) is 11.4. The molecule has 16 heavy (non-hydrogen) atoms. The van der Waals surface area contributed by atoms with Crippen LogP contribution in [0.4, 0.5) is 0 Å². The van der Waals surface area contributed by atoms with Crippen LogP contribution in [0.15, 0.2) is 22.8 Å². The molecular formula is C9H10N4O3. The third-order valence-corrected chi connectivity index (χ3v) is 1.94. The molecule has 84 valence electrons. The highest BCUT2D eigenvalue weighted by Crippen LogP contribution is 2.12. The first kappa shape index (κ1) is 10.3. The molecule has 0 radical (unpaired) electrons. The number of tetrazole rings is 1. The minimum atomic E-state index is -0.827. The first-order valence-corrected chi connectivity index (χ1v) is 4.79. The standard InChI is InChI=1S/C9H10N4O3/c14-8(15)4-1-5-13-11-9(10-12-13)7-3-2-6-16-7/h2-3,6H,1,4-5H2,(H,14,15). The van der Waals surface area contributed by atoms with E-state index >= 15 is 0 Å². The number of furan rings is 1. The minimum absolute atomic E-state index is 0.0949. The summed E-state index contributed by atoms with van der Waals surface area (Å²) in [6.45, 7) is 0.431. The molecule has 1 N–H and O–H groups in total. The van der Waals surface area contributed by atoms with E-state index in [1.807, 2.05) is 0 Å². The lowest BCUT2D eigenvalue weighted by atomic mass is 10.3. The third-order valence-electron chi connectivity index (χ3n) is 1.94. The maximum Gasteiger partial charge on any atom is 0.303 e. The van der Waals surface area contributed by atoms with Gasteiger partial charge in [-0.15, -0.1) is 10.2 Å². The monoisotopic (exact) mass is 222 g/mol. The Morgan fingerprint density at radius 2 is 2.44 bits per heavy atom. The first-order chi connectivity index (χ1) is 7.75. The van der Waals surface area contributed by atoms with Crippen LogP contribution in [0, 0.1) is 0 Å². The van der Waals surface area contributed by atoms with Gasteiger partial charge in [0.1, 0.15) is 0 Å². The number of aromatic nitrogens is 4. The van der Waals surface area contributed by atoms with Crippen molar-refractivity contribution in [3.8, 4) is 11.6 Å². The summed E-state index contributed by atoms with van der Waals surface area (Å²) in [4.78, 5) is 11.7. The van der Waals surface area contributed by atoms with E-state index in [9.17, 15) is 4.79 Å². The minimum Gasteiger partial charge on any atom is -0.481 e. The normalized spacial score (nSPS) is 10.5. The second kappa shape index (κ2) is 4.56. The summed E-state index contributed by atoms with van der Waals surface area (Å²) >= 11 is 0. The molecule has 0 aliphatic carbocycles. The number of carboxylic acids is 1. The van der Waals surface area contributed by atoms with E-state index in [1.54, 1.807) is 12.1 Å². The highest BCUT2D eigenvalue weighted by Gasteiger charge is 2.08. The number of aliphatic carboxylic acids is 1. The fourth-order valence-electron chi connectivity index (χ4n) is 1.21. The predicted molar refractivity (Wildman–Crippen MR) is 52.4 cm³/mol. The van der Waals surface area contributed by atoms with Gasteiger partial charge >= 0.3 is 5.97 Å². The van der Waals surface area contributed by atoms with Gasteiger partial charge < -0.3 is 9.52 Å². The maximum atomic E-state index is 10.3. The molecule has 7 nitrogen and oxygen atoms in total. The van der Waals surface area contributed by atoms with Crippen molar-refractivity contribution in [2.24, 2.45) is 0 Å². The summed E-state index contributed by atoms with van der Waals surface area (Å²) in [6.07, 6.45) is 2.10. The number of aryl methyl sites for hydroxylation is 1. The molecule has 0 fully saturated rings. The number of hydrogen-bond acceptors (Lipinski definition) is 5. The van der Waals surface area contributed by atoms with Gasteiger partial charge in [-0.2, -0.15) is 4.80 Å². The zero-order valence-electron chi connectivity index (χ0n) is 8.41. The van der Waals surface area contributed by atoms with Crippen LogP contribution in [0.25, 0.3) is 11.6 Å². The van der Waals surface area contributed by atoms with Crippen LogP contribution in [-0.4, -0.2) is 31.3 Å². The lowest BCUT2D eigenvalue weighted by Crippen LogP contribution is -2.05. The average molecular weight is 222 g/mol. The highest BCUT2D eigenvalue weighted by atomic mass is 16.4. The summed E-state index contributed by atoms with van der Waals surface area (Å²) in [5.74, 6) is 0.121. The summed E-state index contributed by atoms with van der Waals surface area (Å²) < 4.78 is 5.10. The largest absolute Gasteiger partial charge is 0.481 e. The van der Waals surface area contributed by atoms with Crippen molar-refractivity contribution >= 4 is 5.97 Å². The molecule has 0 amide bonds. The molecule has 0 saturated carbocycles. The Balaban J connectivity index is 1.95. The van der Waals surface area contributed by atoms with Gasteiger partial charge in [-0.3, -0.25) is 4.79 Å². The lowest BCUT2D eigenvalue weighted by Gasteiger charge is -1.94. The van der Waals surface area contributed by atoms with Crippen LogP contribution in [-0.2, 0) is 11.3 Å². The van der Waals surface area contributed by atoms with Gasteiger partial charge in [0.15, 0.2) is 5.76 Å². The molecule has 0 aliphatic heterocycles. The molecule has 2 heterocycles. The van der Waals surface area contributed by atoms with Crippen molar-refractivity contribution in [3.05, 3.63) is 18.4 Å². The summed E-state index contributed by atoms with van der Waals surface area (Å²) in [6, 6.07) is 3.47. The van der Waals surface area contributed by atoms with Gasteiger partial charge in [-0.1, -0.05) is 0 Å². The number of rotatable bonds is 5. The van der Waals surface area contributed by atoms with Gasteiger partial charge in [0.2, 0.25) is 5.82 Å². The Hall–Kier alpha value is -2.18. The van der Waals surface area contributed by atoms with Crippen LogP contribution >= 0.6 is 0 Å². The predicted octanol–water partition coefficient (Wildman–Crippen LogP) is 0.798. The van der Waals surface area contributed by atoms with E-state index in [1.165, 1.54) is 11.1 Å². The van der Waals surface area contributed by atoms with Gasteiger partial charge in [0.25, 0.3) is 0 Å². The quantitative estimate of drug-likeness (QED) is 0.803. The summed E-state index contributed by atoms with van der Waals surface area (Å²) in [7, 11) is 0. The molecule has 2 aromatic heterocycles. The molecule has 7 heteroatoms. The second-order valence-corrected chi connectivity index (χ2v) is 3.18. The van der Waals surface area contributed by atoms with Crippen LogP contribution in [0.5, 0.6) is 0 Å². The number of hydrogen-bond donors (Lipinski definition) is 1. The Morgan fingerprint density at radius 1 is 1.56 bits per heavy atom. The SMILES string of the molecule is O=C(O)CCCn1nnc(-c2ccco2)n1. The molecule has 2 rings (SSSR count). The van der Waals surface area contributed by atoms with Gasteiger partial charge in [0, 0.05) is 6.42 Å². The fraction of sp³-hybridized carbons (Fsp3) is 0.333. The summed E-state index contributed by atoms with van der Waals surface area (Å²) in [5, 5.41) is 20.1. The van der Waals surface area contributed by atoms with Crippen molar-refractivity contribution in [3.63, 3.8) is 0 Å². The molecule has 0 bridgehead atoms. The van der Waals surface area contributed by atoms with Crippen molar-refractivity contribution in [2.75, 3.05) is 0 Å². The van der Waals surface area contributed by atoms with Crippen molar-refractivity contribution < 1.29 is 14.3 Å². The first-order valence-electron chi connectivity index (χ1n) is 4.79. The summed E-state index contributed by atoms with van der Waals surface area (Å²) in [5.41, 5.74) is 0. The zero-order valence-corrected chi connectivity index (χ0v) is 8.41.